The molecule has 0 atom stereocenters. The van der Waals surface area contributed by atoms with Crippen molar-refractivity contribution in [3.8, 4) is 5.75 Å². The molecule has 2 N–H and O–H groups in total. The number of rotatable bonds is 5. The van der Waals surface area contributed by atoms with Gasteiger partial charge >= 0.3 is 0 Å². The highest BCUT2D eigenvalue weighted by molar-refractivity contribution is 5.94. The molecule has 0 aliphatic rings. The Bertz CT molecular complexity index is 696. The van der Waals surface area contributed by atoms with Crippen LogP contribution >= 0.6 is 0 Å². The van der Waals surface area contributed by atoms with Crippen molar-refractivity contribution in [2.75, 3.05) is 6.54 Å². The van der Waals surface area contributed by atoms with Gasteiger partial charge in [0, 0.05) is 23.7 Å². The molecule has 1 amide bonds. The van der Waals surface area contributed by atoms with Gasteiger partial charge in [-0.1, -0.05) is 12.1 Å². The number of aromatic hydroxyl groups is 1. The van der Waals surface area contributed by atoms with Gasteiger partial charge in [0.05, 0.1) is 4.92 Å². The minimum atomic E-state index is -0.470. The highest BCUT2D eigenvalue weighted by Gasteiger charge is 2.13. The fourth-order valence-corrected chi connectivity index (χ4v) is 2.09. The van der Waals surface area contributed by atoms with Crippen molar-refractivity contribution in [3.05, 3.63) is 69.3 Å². The van der Waals surface area contributed by atoms with Gasteiger partial charge in [-0.25, -0.2) is 0 Å². The van der Waals surface area contributed by atoms with E-state index in [1.165, 1.54) is 18.2 Å². The lowest BCUT2D eigenvalue weighted by molar-refractivity contribution is -0.385. The summed E-state index contributed by atoms with van der Waals surface area (Å²) >= 11 is 0. The summed E-state index contributed by atoms with van der Waals surface area (Å²) in [5.74, 6) is -0.0640. The van der Waals surface area contributed by atoms with Crippen LogP contribution in [-0.2, 0) is 6.42 Å². The first-order chi connectivity index (χ1) is 10.5. The zero-order valence-electron chi connectivity index (χ0n) is 12.1. The van der Waals surface area contributed by atoms with E-state index in [1.807, 2.05) is 0 Å². The number of carbonyl (C=O) groups is 1. The second kappa shape index (κ2) is 6.71. The third-order valence-electron chi connectivity index (χ3n) is 3.29. The minimum Gasteiger partial charge on any atom is -0.508 e. The van der Waals surface area contributed by atoms with Gasteiger partial charge in [0.1, 0.15) is 5.75 Å². The molecule has 22 heavy (non-hydrogen) atoms. The van der Waals surface area contributed by atoms with Crippen LogP contribution in [0.2, 0.25) is 0 Å². The van der Waals surface area contributed by atoms with Gasteiger partial charge in [0.15, 0.2) is 0 Å². The van der Waals surface area contributed by atoms with Crippen molar-refractivity contribution in [3.63, 3.8) is 0 Å². The summed E-state index contributed by atoms with van der Waals surface area (Å²) in [6, 6.07) is 11.1. The highest BCUT2D eigenvalue weighted by Crippen LogP contribution is 2.18. The summed E-state index contributed by atoms with van der Waals surface area (Å²) < 4.78 is 0. The Morgan fingerprint density at radius 3 is 2.50 bits per heavy atom. The molecular formula is C16H16N2O4. The highest BCUT2D eigenvalue weighted by atomic mass is 16.6. The van der Waals surface area contributed by atoms with Gasteiger partial charge in [-0.3, -0.25) is 14.9 Å². The van der Waals surface area contributed by atoms with E-state index < -0.39 is 4.92 Å². The molecule has 0 aromatic heterocycles. The third-order valence-corrected chi connectivity index (χ3v) is 3.29. The molecule has 0 aliphatic heterocycles. The van der Waals surface area contributed by atoms with Crippen LogP contribution in [0.15, 0.2) is 42.5 Å². The summed E-state index contributed by atoms with van der Waals surface area (Å²) in [6.45, 7) is 2.05. The van der Waals surface area contributed by atoms with Crippen molar-refractivity contribution < 1.29 is 14.8 Å². The standard InChI is InChI=1S/C16H16N2O4/c1-11-10-13(4-7-15(11)18(21)22)16(20)17-9-8-12-2-5-14(19)6-3-12/h2-7,10,19H,8-9H2,1H3,(H,17,20). The van der Waals surface area contributed by atoms with E-state index in [0.717, 1.165) is 5.56 Å². The molecule has 0 fully saturated rings. The molecule has 2 aromatic carbocycles. The molecule has 6 nitrogen and oxygen atoms in total. The smallest absolute Gasteiger partial charge is 0.272 e. The quantitative estimate of drug-likeness (QED) is 0.655. The second-order valence-electron chi connectivity index (χ2n) is 4.93. The van der Waals surface area contributed by atoms with Gasteiger partial charge < -0.3 is 10.4 Å². The number of phenolic OH excluding ortho intramolecular Hbond substituents is 1. The van der Waals surface area contributed by atoms with Crippen LogP contribution in [0.1, 0.15) is 21.5 Å². The van der Waals surface area contributed by atoms with Crippen LogP contribution in [0.5, 0.6) is 5.75 Å². The predicted molar refractivity (Wildman–Crippen MR) is 82.0 cm³/mol. The number of hydrogen-bond acceptors (Lipinski definition) is 4. The van der Waals surface area contributed by atoms with Gasteiger partial charge in [0.2, 0.25) is 0 Å². The zero-order chi connectivity index (χ0) is 16.1. The maximum Gasteiger partial charge on any atom is 0.272 e. The Hall–Kier alpha value is -2.89. The van der Waals surface area contributed by atoms with Crippen molar-refractivity contribution in [2.45, 2.75) is 13.3 Å². The first-order valence-corrected chi connectivity index (χ1v) is 6.78. The molecule has 0 bridgehead atoms. The summed E-state index contributed by atoms with van der Waals surface area (Å²) in [4.78, 5) is 22.3. The van der Waals surface area contributed by atoms with Crippen molar-refractivity contribution in [1.82, 2.24) is 5.32 Å². The largest absolute Gasteiger partial charge is 0.508 e. The van der Waals surface area contributed by atoms with Crippen LogP contribution < -0.4 is 5.32 Å². The van der Waals surface area contributed by atoms with Gasteiger partial charge in [-0.05, 0) is 43.2 Å². The number of benzene rings is 2. The average Bonchev–Trinajstić information content (AvgIpc) is 2.48. The van der Waals surface area contributed by atoms with Crippen LogP contribution in [0, 0.1) is 17.0 Å². The summed E-state index contributed by atoms with van der Waals surface area (Å²) in [6.07, 6.45) is 0.637. The molecule has 0 aliphatic carbocycles. The Labute approximate surface area is 127 Å². The average molecular weight is 300 g/mol. The van der Waals surface area contributed by atoms with E-state index in [4.69, 9.17) is 0 Å². The monoisotopic (exact) mass is 300 g/mol. The number of aryl methyl sites for hydroxylation is 1. The van der Waals surface area contributed by atoms with E-state index in [2.05, 4.69) is 5.32 Å². The number of nitro groups is 1. The lowest BCUT2D eigenvalue weighted by Gasteiger charge is -2.06. The topological polar surface area (TPSA) is 92.5 Å². The Morgan fingerprint density at radius 1 is 1.23 bits per heavy atom. The lowest BCUT2D eigenvalue weighted by Crippen LogP contribution is -2.25. The minimum absolute atomic E-state index is 0.000596. The molecule has 0 saturated carbocycles. The number of carbonyl (C=O) groups excluding carboxylic acids is 1. The first-order valence-electron chi connectivity index (χ1n) is 6.78. The van der Waals surface area contributed by atoms with Crippen LogP contribution in [-0.4, -0.2) is 22.5 Å². The van der Waals surface area contributed by atoms with E-state index in [0.29, 0.717) is 24.1 Å². The van der Waals surface area contributed by atoms with E-state index in [-0.39, 0.29) is 17.3 Å². The first kappa shape index (κ1) is 15.5. The van der Waals surface area contributed by atoms with Crippen molar-refractivity contribution in [1.29, 1.82) is 0 Å². The number of amides is 1. The Kier molecular flexibility index (Phi) is 4.73. The summed E-state index contributed by atoms with van der Waals surface area (Å²) in [7, 11) is 0. The molecule has 0 radical (unpaired) electrons. The van der Waals surface area contributed by atoms with Gasteiger partial charge in [-0.15, -0.1) is 0 Å². The number of phenols is 1. The number of nitrogens with one attached hydrogen (secondary N) is 1. The van der Waals surface area contributed by atoms with E-state index >= 15 is 0 Å². The lowest BCUT2D eigenvalue weighted by atomic mass is 10.1. The molecule has 2 rings (SSSR count). The fourth-order valence-electron chi connectivity index (χ4n) is 2.09. The van der Waals surface area contributed by atoms with Gasteiger partial charge in [0.25, 0.3) is 11.6 Å². The molecule has 114 valence electrons. The van der Waals surface area contributed by atoms with E-state index in [1.54, 1.807) is 31.2 Å². The molecule has 2 aromatic rings. The van der Waals surface area contributed by atoms with Crippen molar-refractivity contribution in [2.24, 2.45) is 0 Å². The molecule has 0 unspecified atom stereocenters. The molecule has 0 spiro atoms. The summed E-state index contributed by atoms with van der Waals surface area (Å²) in [5, 5.41) is 22.7. The van der Waals surface area contributed by atoms with Crippen LogP contribution in [0.4, 0.5) is 5.69 Å². The summed E-state index contributed by atoms with van der Waals surface area (Å²) in [5.41, 5.74) is 1.85. The number of hydrogen-bond donors (Lipinski definition) is 2. The number of nitro benzene ring substituents is 1. The third kappa shape index (κ3) is 3.82. The second-order valence-corrected chi connectivity index (χ2v) is 4.93. The number of nitrogens with zero attached hydrogens (tertiary/aromatic N) is 1. The van der Waals surface area contributed by atoms with Crippen LogP contribution in [0.3, 0.4) is 0 Å². The van der Waals surface area contributed by atoms with Crippen molar-refractivity contribution >= 4 is 11.6 Å². The molecule has 0 saturated heterocycles. The SMILES string of the molecule is Cc1cc(C(=O)NCCc2ccc(O)cc2)ccc1[N+](=O)[O-]. The maximum absolute atomic E-state index is 12.0. The Balaban J connectivity index is 1.93. The Morgan fingerprint density at radius 2 is 1.91 bits per heavy atom. The predicted octanol–water partition coefficient (Wildman–Crippen LogP) is 2.58. The van der Waals surface area contributed by atoms with E-state index in [9.17, 15) is 20.0 Å². The van der Waals surface area contributed by atoms with Gasteiger partial charge in [-0.2, -0.15) is 0 Å². The molecular weight excluding hydrogens is 284 g/mol. The molecule has 6 heteroatoms. The maximum atomic E-state index is 12.0. The molecule has 0 heterocycles. The normalized spacial score (nSPS) is 10.2. The van der Waals surface area contributed by atoms with Crippen LogP contribution in [0.25, 0.3) is 0 Å². The fraction of sp³-hybridized carbons (Fsp3) is 0.188. The zero-order valence-corrected chi connectivity index (χ0v) is 12.1.